The predicted molar refractivity (Wildman–Crippen MR) is 105 cm³/mol. The van der Waals surface area contributed by atoms with Gasteiger partial charge in [-0.25, -0.2) is 4.79 Å². The molecule has 1 aromatic heterocycles. The third-order valence-electron chi connectivity index (χ3n) is 4.22. The third kappa shape index (κ3) is 4.15. The van der Waals surface area contributed by atoms with Crippen molar-refractivity contribution < 1.29 is 9.53 Å². The van der Waals surface area contributed by atoms with E-state index in [9.17, 15) is 4.79 Å². The van der Waals surface area contributed by atoms with Crippen molar-refractivity contribution in [1.82, 2.24) is 0 Å². The monoisotopic (exact) mass is 358 g/mol. The molecule has 0 fully saturated rings. The lowest BCUT2D eigenvalue weighted by molar-refractivity contribution is 0.0584. The highest BCUT2D eigenvalue weighted by atomic mass is 32.1. The van der Waals surface area contributed by atoms with Gasteiger partial charge in [-0.3, -0.25) is 4.90 Å². The van der Waals surface area contributed by atoms with Gasteiger partial charge in [-0.1, -0.05) is 0 Å². The Bertz CT molecular complexity index is 789. The molecule has 0 bridgehead atoms. The van der Waals surface area contributed by atoms with Gasteiger partial charge in [0.25, 0.3) is 0 Å². The molecule has 1 aliphatic heterocycles. The number of fused-ring (bicyclic) bond motifs is 1. The summed E-state index contributed by atoms with van der Waals surface area (Å²) in [7, 11) is 0. The Kier molecular flexibility index (Phi) is 4.78. The maximum Gasteiger partial charge on any atom is 0.414 e. The number of hydrogen-bond donors (Lipinski definition) is 1. The van der Waals surface area contributed by atoms with Gasteiger partial charge in [0, 0.05) is 28.5 Å². The van der Waals surface area contributed by atoms with E-state index >= 15 is 0 Å². The summed E-state index contributed by atoms with van der Waals surface area (Å²) in [4.78, 5) is 16.8. The summed E-state index contributed by atoms with van der Waals surface area (Å²) in [6.45, 7) is 11.5. The minimum Gasteiger partial charge on any atom is -0.443 e. The van der Waals surface area contributed by atoms with E-state index in [0.717, 1.165) is 24.3 Å². The first kappa shape index (κ1) is 17.8. The van der Waals surface area contributed by atoms with Gasteiger partial charge in [-0.15, -0.1) is 11.3 Å². The van der Waals surface area contributed by atoms with Crippen molar-refractivity contribution in [3.63, 3.8) is 0 Å². The Morgan fingerprint density at radius 2 is 2.04 bits per heavy atom. The Hall–Kier alpha value is -2.01. The second kappa shape index (κ2) is 6.71. The van der Waals surface area contributed by atoms with E-state index in [1.807, 2.05) is 44.2 Å². The predicted octanol–water partition coefficient (Wildman–Crippen LogP) is 5.27. The summed E-state index contributed by atoms with van der Waals surface area (Å²) < 4.78 is 5.50. The molecule has 0 saturated carbocycles. The van der Waals surface area contributed by atoms with Gasteiger partial charge in [-0.2, -0.15) is 0 Å². The van der Waals surface area contributed by atoms with Crippen molar-refractivity contribution in [2.45, 2.75) is 53.2 Å². The number of nitrogens with one attached hydrogen (secondary N) is 1. The number of nitrogens with zero attached hydrogens (tertiary/aromatic N) is 1. The zero-order chi connectivity index (χ0) is 18.2. The van der Waals surface area contributed by atoms with E-state index in [0.29, 0.717) is 6.54 Å². The van der Waals surface area contributed by atoms with Crippen molar-refractivity contribution in [3.05, 3.63) is 45.1 Å². The lowest BCUT2D eigenvalue weighted by atomic mass is 10.1. The topological polar surface area (TPSA) is 41.6 Å². The van der Waals surface area contributed by atoms with Gasteiger partial charge in [0.1, 0.15) is 5.60 Å². The highest BCUT2D eigenvalue weighted by molar-refractivity contribution is 7.12. The fourth-order valence-electron chi connectivity index (χ4n) is 3.07. The van der Waals surface area contributed by atoms with E-state index in [4.69, 9.17) is 4.74 Å². The van der Waals surface area contributed by atoms with Crippen LogP contribution < -0.4 is 10.2 Å². The number of aryl methyl sites for hydroxylation is 2. The summed E-state index contributed by atoms with van der Waals surface area (Å²) in [6.07, 6.45) is 0.595. The molecule has 4 nitrogen and oxygen atoms in total. The highest BCUT2D eigenvalue weighted by Gasteiger charge is 2.28. The first-order chi connectivity index (χ1) is 11.7. The van der Waals surface area contributed by atoms with Gasteiger partial charge in [0.05, 0.1) is 5.69 Å². The van der Waals surface area contributed by atoms with E-state index in [-0.39, 0.29) is 6.09 Å². The number of hydrogen-bond acceptors (Lipinski definition) is 4. The van der Waals surface area contributed by atoms with E-state index < -0.39 is 5.60 Å². The third-order valence-corrected chi connectivity index (χ3v) is 5.22. The second-order valence-electron chi connectivity index (χ2n) is 7.52. The zero-order valence-corrected chi connectivity index (χ0v) is 16.4. The van der Waals surface area contributed by atoms with Gasteiger partial charge in [0.15, 0.2) is 0 Å². The molecule has 1 amide bonds. The minimum absolute atomic E-state index is 0.267. The number of anilines is 2. The quantitative estimate of drug-likeness (QED) is 0.812. The first-order valence-corrected chi connectivity index (χ1v) is 9.48. The van der Waals surface area contributed by atoms with E-state index in [1.54, 1.807) is 4.90 Å². The van der Waals surface area contributed by atoms with Crippen LogP contribution in [0.5, 0.6) is 0 Å². The molecule has 5 heteroatoms. The molecule has 1 aliphatic rings. The van der Waals surface area contributed by atoms with Crippen LogP contribution in [-0.4, -0.2) is 18.2 Å². The number of ether oxygens (including phenoxy) is 1. The first-order valence-electron chi connectivity index (χ1n) is 8.66. The average Bonchev–Trinajstić information content (AvgIpc) is 3.05. The number of benzene rings is 1. The molecule has 0 radical (unpaired) electrons. The van der Waals surface area contributed by atoms with Crippen LogP contribution in [0.25, 0.3) is 0 Å². The molecule has 1 N–H and O–H groups in total. The molecule has 25 heavy (non-hydrogen) atoms. The summed E-state index contributed by atoms with van der Waals surface area (Å²) in [5, 5.41) is 3.50. The van der Waals surface area contributed by atoms with Crippen molar-refractivity contribution in [1.29, 1.82) is 0 Å². The Morgan fingerprint density at radius 3 is 2.68 bits per heavy atom. The molecule has 0 unspecified atom stereocenters. The highest BCUT2D eigenvalue weighted by Crippen LogP contribution is 2.32. The lowest BCUT2D eigenvalue weighted by Gasteiger charge is -2.24. The Labute approximate surface area is 153 Å². The van der Waals surface area contributed by atoms with Gasteiger partial charge < -0.3 is 10.1 Å². The second-order valence-corrected chi connectivity index (χ2v) is 8.98. The molecule has 2 aromatic rings. The number of rotatable bonds is 3. The van der Waals surface area contributed by atoms with Crippen molar-refractivity contribution in [2.24, 2.45) is 0 Å². The van der Waals surface area contributed by atoms with Crippen molar-refractivity contribution in [3.8, 4) is 0 Å². The minimum atomic E-state index is -0.474. The number of carbonyl (C=O) groups excluding carboxylic acids is 1. The van der Waals surface area contributed by atoms with E-state index in [2.05, 4.69) is 31.3 Å². The number of thiophene rings is 1. The van der Waals surface area contributed by atoms with Crippen LogP contribution in [0.15, 0.2) is 24.3 Å². The Balaban J connectivity index is 1.69. The SMILES string of the molecule is Cc1cc(CNc2ccc3c(c2)CCN3C(=O)OC(C)(C)C)c(C)s1. The van der Waals surface area contributed by atoms with Crippen LogP contribution in [-0.2, 0) is 17.7 Å². The molecular weight excluding hydrogens is 332 g/mol. The number of carbonyl (C=O) groups is 1. The number of amides is 1. The van der Waals surface area contributed by atoms with Crippen LogP contribution >= 0.6 is 11.3 Å². The van der Waals surface area contributed by atoms with E-state index in [1.165, 1.54) is 20.9 Å². The van der Waals surface area contributed by atoms with Crippen LogP contribution in [0.2, 0.25) is 0 Å². The molecule has 0 aliphatic carbocycles. The molecule has 0 spiro atoms. The van der Waals surface area contributed by atoms with Crippen molar-refractivity contribution >= 4 is 28.8 Å². The summed E-state index contributed by atoms with van der Waals surface area (Å²) in [5.74, 6) is 0. The molecule has 2 heterocycles. The summed E-state index contributed by atoms with van der Waals surface area (Å²) in [5.41, 5.74) is 4.11. The van der Waals surface area contributed by atoms with Gasteiger partial charge in [0.2, 0.25) is 0 Å². The maximum absolute atomic E-state index is 12.3. The fraction of sp³-hybridized carbons (Fsp3) is 0.450. The molecular formula is C20H26N2O2S. The average molecular weight is 359 g/mol. The van der Waals surface area contributed by atoms with Crippen LogP contribution in [0.4, 0.5) is 16.2 Å². The summed E-state index contributed by atoms with van der Waals surface area (Å²) in [6, 6.07) is 8.44. The maximum atomic E-state index is 12.3. The molecule has 134 valence electrons. The zero-order valence-electron chi connectivity index (χ0n) is 15.6. The molecule has 0 saturated heterocycles. The van der Waals surface area contributed by atoms with Gasteiger partial charge in [-0.05, 0) is 76.4 Å². The van der Waals surface area contributed by atoms with Crippen LogP contribution in [0, 0.1) is 13.8 Å². The lowest BCUT2D eigenvalue weighted by Crippen LogP contribution is -2.35. The largest absolute Gasteiger partial charge is 0.443 e. The molecule has 1 aromatic carbocycles. The van der Waals surface area contributed by atoms with Crippen LogP contribution in [0.1, 0.15) is 41.7 Å². The van der Waals surface area contributed by atoms with Crippen molar-refractivity contribution in [2.75, 3.05) is 16.8 Å². The van der Waals surface area contributed by atoms with Gasteiger partial charge >= 0.3 is 6.09 Å². The normalized spacial score (nSPS) is 13.7. The summed E-state index contributed by atoms with van der Waals surface area (Å²) >= 11 is 1.83. The van der Waals surface area contributed by atoms with Crippen LogP contribution in [0.3, 0.4) is 0 Å². The smallest absolute Gasteiger partial charge is 0.414 e. The standard InChI is InChI=1S/C20H26N2O2S/c1-13-10-16(14(2)25-13)12-21-17-6-7-18-15(11-17)8-9-22(18)19(23)24-20(3,4)5/h6-7,10-11,21H,8-9,12H2,1-5H3. The fourth-order valence-corrected chi connectivity index (χ4v) is 4.02. The molecule has 3 rings (SSSR count). The Morgan fingerprint density at radius 1 is 1.28 bits per heavy atom. The molecule has 0 atom stereocenters.